The van der Waals surface area contributed by atoms with E-state index in [0.717, 1.165) is 23.7 Å². The second kappa shape index (κ2) is 5.06. The molecule has 0 radical (unpaired) electrons. The summed E-state index contributed by atoms with van der Waals surface area (Å²) in [5.41, 5.74) is 0. The third-order valence-electron chi connectivity index (χ3n) is 2.20. The van der Waals surface area contributed by atoms with Gasteiger partial charge >= 0.3 is 10.2 Å². The highest BCUT2D eigenvalue weighted by Crippen LogP contribution is 2.13. The summed E-state index contributed by atoms with van der Waals surface area (Å²) in [5, 5.41) is 0. The average molecular weight is 222 g/mol. The van der Waals surface area contributed by atoms with Crippen LogP contribution in [0.15, 0.2) is 0 Å². The SMILES string of the molecule is CCCCN(C)S(=O)(=O)N1CCCO1. The van der Waals surface area contributed by atoms with E-state index in [-0.39, 0.29) is 0 Å². The zero-order chi connectivity index (χ0) is 10.6. The van der Waals surface area contributed by atoms with Crippen LogP contribution < -0.4 is 0 Å². The van der Waals surface area contributed by atoms with Crippen LogP contribution in [0, 0.1) is 0 Å². The molecule has 0 aromatic rings. The first-order valence-electron chi connectivity index (χ1n) is 4.96. The Kier molecular flexibility index (Phi) is 4.31. The lowest BCUT2D eigenvalue weighted by Crippen LogP contribution is -2.40. The molecule has 0 spiro atoms. The molecule has 0 N–H and O–H groups in total. The Bertz CT molecular complexity index is 260. The van der Waals surface area contributed by atoms with Gasteiger partial charge in [-0.2, -0.15) is 12.7 Å². The van der Waals surface area contributed by atoms with Gasteiger partial charge in [-0.05, 0) is 12.8 Å². The quantitative estimate of drug-likeness (QED) is 0.684. The minimum atomic E-state index is -3.37. The van der Waals surface area contributed by atoms with Gasteiger partial charge in [0.15, 0.2) is 0 Å². The maximum atomic E-state index is 11.8. The largest absolute Gasteiger partial charge is 0.303 e. The molecule has 0 unspecified atom stereocenters. The fourth-order valence-corrected chi connectivity index (χ4v) is 2.50. The van der Waals surface area contributed by atoms with Gasteiger partial charge in [-0.1, -0.05) is 17.8 Å². The molecule has 0 aromatic carbocycles. The molecular weight excluding hydrogens is 204 g/mol. The van der Waals surface area contributed by atoms with Crippen LogP contribution in [0.5, 0.6) is 0 Å². The Morgan fingerprint density at radius 2 is 2.21 bits per heavy atom. The van der Waals surface area contributed by atoms with Crippen molar-refractivity contribution in [3.05, 3.63) is 0 Å². The summed E-state index contributed by atoms with van der Waals surface area (Å²) in [6.07, 6.45) is 2.64. The normalized spacial score (nSPS) is 19.4. The molecule has 0 saturated carbocycles. The minimum Gasteiger partial charge on any atom is -0.283 e. The summed E-state index contributed by atoms with van der Waals surface area (Å²) in [7, 11) is -1.78. The molecule has 1 aliphatic heterocycles. The van der Waals surface area contributed by atoms with Crippen LogP contribution in [0.4, 0.5) is 0 Å². The van der Waals surface area contributed by atoms with Crippen LogP contribution in [0.2, 0.25) is 0 Å². The fourth-order valence-electron chi connectivity index (χ4n) is 1.26. The van der Waals surface area contributed by atoms with Crippen LogP contribution in [-0.2, 0) is 15.0 Å². The van der Waals surface area contributed by atoms with E-state index in [1.54, 1.807) is 7.05 Å². The fraction of sp³-hybridized carbons (Fsp3) is 1.00. The van der Waals surface area contributed by atoms with Crippen LogP contribution in [0.1, 0.15) is 26.2 Å². The number of hydroxylamine groups is 1. The van der Waals surface area contributed by atoms with Gasteiger partial charge in [0.25, 0.3) is 0 Å². The smallest absolute Gasteiger partial charge is 0.283 e. The number of hydrogen-bond acceptors (Lipinski definition) is 3. The summed E-state index contributed by atoms with van der Waals surface area (Å²) in [4.78, 5) is 5.02. The predicted molar refractivity (Wildman–Crippen MR) is 53.7 cm³/mol. The van der Waals surface area contributed by atoms with E-state index < -0.39 is 10.2 Å². The number of rotatable bonds is 5. The third kappa shape index (κ3) is 2.66. The lowest BCUT2D eigenvalue weighted by Gasteiger charge is -2.22. The number of unbranched alkanes of at least 4 members (excludes halogenated alkanes) is 1. The van der Waals surface area contributed by atoms with Crippen molar-refractivity contribution in [3.63, 3.8) is 0 Å². The van der Waals surface area contributed by atoms with Crippen molar-refractivity contribution < 1.29 is 13.3 Å². The lowest BCUT2D eigenvalue weighted by molar-refractivity contribution is -0.0333. The third-order valence-corrected chi connectivity index (χ3v) is 3.97. The summed E-state index contributed by atoms with van der Waals surface area (Å²) in [6, 6.07) is 0. The van der Waals surface area contributed by atoms with E-state index in [0.29, 0.717) is 19.7 Å². The molecule has 1 rings (SSSR count). The predicted octanol–water partition coefficient (Wildman–Crippen LogP) is 0.600. The lowest BCUT2D eigenvalue weighted by atomic mass is 10.3. The molecular formula is C8H18N2O3S. The summed E-state index contributed by atoms with van der Waals surface area (Å²) in [5.74, 6) is 0. The minimum absolute atomic E-state index is 0.471. The van der Waals surface area contributed by atoms with Gasteiger partial charge < -0.3 is 0 Å². The highest BCUT2D eigenvalue weighted by atomic mass is 32.2. The van der Waals surface area contributed by atoms with E-state index >= 15 is 0 Å². The number of nitrogens with zero attached hydrogens (tertiary/aromatic N) is 2. The Balaban J connectivity index is 2.54. The van der Waals surface area contributed by atoms with Gasteiger partial charge in [-0.25, -0.2) is 0 Å². The van der Waals surface area contributed by atoms with Gasteiger partial charge in [0.1, 0.15) is 0 Å². The van der Waals surface area contributed by atoms with Crippen molar-refractivity contribution in [2.45, 2.75) is 26.2 Å². The first-order chi connectivity index (χ1) is 6.59. The van der Waals surface area contributed by atoms with Gasteiger partial charge in [0, 0.05) is 20.1 Å². The van der Waals surface area contributed by atoms with Gasteiger partial charge in [-0.3, -0.25) is 4.84 Å². The molecule has 0 aromatic heterocycles. The molecule has 0 aliphatic carbocycles. The van der Waals surface area contributed by atoms with Crippen molar-refractivity contribution in [1.82, 2.24) is 8.77 Å². The Morgan fingerprint density at radius 3 is 2.71 bits per heavy atom. The Labute approximate surface area is 85.8 Å². The topological polar surface area (TPSA) is 49.9 Å². The highest BCUT2D eigenvalue weighted by Gasteiger charge is 2.30. The van der Waals surface area contributed by atoms with Crippen LogP contribution in [-0.4, -0.2) is 43.9 Å². The van der Waals surface area contributed by atoms with E-state index in [9.17, 15) is 8.42 Å². The molecule has 0 bridgehead atoms. The molecule has 1 fully saturated rings. The monoisotopic (exact) mass is 222 g/mol. The highest BCUT2D eigenvalue weighted by molar-refractivity contribution is 7.86. The maximum absolute atomic E-state index is 11.8. The standard InChI is InChI=1S/C8H18N2O3S/c1-3-4-6-9(2)14(11,12)10-7-5-8-13-10/h3-8H2,1-2H3. The average Bonchev–Trinajstić information content (AvgIpc) is 2.67. The molecule has 1 aliphatic rings. The van der Waals surface area contributed by atoms with E-state index in [1.165, 1.54) is 4.31 Å². The molecule has 6 heteroatoms. The Hall–Kier alpha value is -0.170. The second-order valence-electron chi connectivity index (χ2n) is 3.40. The molecule has 1 heterocycles. The van der Waals surface area contributed by atoms with Crippen molar-refractivity contribution in [3.8, 4) is 0 Å². The molecule has 1 saturated heterocycles. The molecule has 0 atom stereocenters. The van der Waals surface area contributed by atoms with Crippen LogP contribution in [0.3, 0.4) is 0 Å². The molecule has 5 nitrogen and oxygen atoms in total. The second-order valence-corrected chi connectivity index (χ2v) is 5.32. The van der Waals surface area contributed by atoms with E-state index in [4.69, 9.17) is 4.84 Å². The van der Waals surface area contributed by atoms with Crippen LogP contribution in [0.25, 0.3) is 0 Å². The summed E-state index contributed by atoms with van der Waals surface area (Å²) < 4.78 is 26.0. The number of hydrogen-bond donors (Lipinski definition) is 0. The summed E-state index contributed by atoms with van der Waals surface area (Å²) >= 11 is 0. The zero-order valence-electron chi connectivity index (χ0n) is 8.77. The molecule has 0 amide bonds. The zero-order valence-corrected chi connectivity index (χ0v) is 9.59. The first-order valence-corrected chi connectivity index (χ1v) is 6.35. The molecule has 84 valence electrons. The Morgan fingerprint density at radius 1 is 1.50 bits per heavy atom. The van der Waals surface area contributed by atoms with Crippen molar-refractivity contribution in [2.75, 3.05) is 26.7 Å². The summed E-state index contributed by atoms with van der Waals surface area (Å²) in [6.45, 7) is 3.56. The van der Waals surface area contributed by atoms with Crippen molar-refractivity contribution >= 4 is 10.2 Å². The van der Waals surface area contributed by atoms with Crippen molar-refractivity contribution in [2.24, 2.45) is 0 Å². The first kappa shape index (κ1) is 11.9. The maximum Gasteiger partial charge on any atom is 0.303 e. The van der Waals surface area contributed by atoms with Crippen LogP contribution >= 0.6 is 0 Å². The van der Waals surface area contributed by atoms with Gasteiger partial charge in [0.2, 0.25) is 0 Å². The molecule has 14 heavy (non-hydrogen) atoms. The van der Waals surface area contributed by atoms with E-state index in [2.05, 4.69) is 0 Å². The van der Waals surface area contributed by atoms with Gasteiger partial charge in [-0.15, -0.1) is 0 Å². The van der Waals surface area contributed by atoms with E-state index in [1.807, 2.05) is 6.92 Å². The van der Waals surface area contributed by atoms with Crippen molar-refractivity contribution in [1.29, 1.82) is 0 Å². The van der Waals surface area contributed by atoms with Gasteiger partial charge in [0.05, 0.1) is 6.61 Å².